The SMILES string of the molecule is C=CCN1C(=O)/C(=C/c2c(NCc3ccc(OC)cc3)nc3ccccn3c2=O)SC1=S. The van der Waals surface area contributed by atoms with Crippen molar-refractivity contribution in [3.8, 4) is 5.75 Å². The molecular weight excluding hydrogens is 444 g/mol. The van der Waals surface area contributed by atoms with E-state index in [1.54, 1.807) is 37.6 Å². The molecule has 0 spiro atoms. The van der Waals surface area contributed by atoms with Crippen LogP contribution in [0.2, 0.25) is 0 Å². The second-order valence-electron chi connectivity index (χ2n) is 6.89. The Hall–Kier alpha value is -3.43. The van der Waals surface area contributed by atoms with Gasteiger partial charge in [0.2, 0.25) is 0 Å². The molecule has 3 aromatic rings. The number of anilines is 1. The molecule has 0 bridgehead atoms. The van der Waals surface area contributed by atoms with E-state index in [9.17, 15) is 9.59 Å². The van der Waals surface area contributed by atoms with Gasteiger partial charge in [-0.05, 0) is 35.9 Å². The molecule has 1 N–H and O–H groups in total. The number of pyridine rings is 1. The Balaban J connectivity index is 1.74. The van der Waals surface area contributed by atoms with Crippen LogP contribution in [0.15, 0.2) is 71.0 Å². The number of hydrogen-bond acceptors (Lipinski definition) is 7. The number of benzene rings is 1. The third-order valence-electron chi connectivity index (χ3n) is 4.85. The highest BCUT2D eigenvalue weighted by atomic mass is 32.2. The van der Waals surface area contributed by atoms with Crippen LogP contribution in [-0.4, -0.2) is 38.2 Å². The Bertz CT molecular complexity index is 1300. The number of hydrogen-bond donors (Lipinski definition) is 1. The van der Waals surface area contributed by atoms with Crippen LogP contribution in [0.1, 0.15) is 11.1 Å². The molecule has 1 aliphatic rings. The Morgan fingerprint density at radius 1 is 1.22 bits per heavy atom. The average Bonchev–Trinajstić information content (AvgIpc) is 3.08. The van der Waals surface area contributed by atoms with Crippen molar-refractivity contribution in [2.75, 3.05) is 19.0 Å². The summed E-state index contributed by atoms with van der Waals surface area (Å²) in [5.41, 5.74) is 1.51. The number of rotatable bonds is 7. The minimum absolute atomic E-state index is 0.251. The van der Waals surface area contributed by atoms with Gasteiger partial charge in [0.25, 0.3) is 11.5 Å². The van der Waals surface area contributed by atoms with Crippen LogP contribution in [0.3, 0.4) is 0 Å². The van der Waals surface area contributed by atoms with E-state index < -0.39 is 0 Å². The summed E-state index contributed by atoms with van der Waals surface area (Å²) < 4.78 is 7.08. The number of amides is 1. The van der Waals surface area contributed by atoms with Crippen molar-refractivity contribution < 1.29 is 9.53 Å². The second kappa shape index (κ2) is 9.37. The number of fused-ring (bicyclic) bond motifs is 1. The maximum Gasteiger partial charge on any atom is 0.267 e. The van der Waals surface area contributed by atoms with Crippen LogP contribution in [0.4, 0.5) is 5.82 Å². The topological polar surface area (TPSA) is 75.9 Å². The Morgan fingerprint density at radius 2 is 2.00 bits per heavy atom. The molecular formula is C23H20N4O3S2. The first kappa shape index (κ1) is 21.8. The van der Waals surface area contributed by atoms with E-state index in [4.69, 9.17) is 17.0 Å². The summed E-state index contributed by atoms with van der Waals surface area (Å²) in [4.78, 5) is 32.5. The lowest BCUT2D eigenvalue weighted by Crippen LogP contribution is -2.28. The third kappa shape index (κ3) is 4.30. The maximum atomic E-state index is 13.3. The molecule has 1 saturated heterocycles. The van der Waals surface area contributed by atoms with Gasteiger partial charge in [-0.15, -0.1) is 6.58 Å². The summed E-state index contributed by atoms with van der Waals surface area (Å²) in [6.07, 6.45) is 4.83. The smallest absolute Gasteiger partial charge is 0.267 e. The molecule has 1 amide bonds. The number of carbonyl (C=O) groups is 1. The lowest BCUT2D eigenvalue weighted by atomic mass is 10.2. The van der Waals surface area contributed by atoms with Crippen molar-refractivity contribution >= 4 is 51.7 Å². The summed E-state index contributed by atoms with van der Waals surface area (Å²) in [7, 11) is 1.61. The van der Waals surface area contributed by atoms with Crippen molar-refractivity contribution in [3.63, 3.8) is 0 Å². The van der Waals surface area contributed by atoms with Gasteiger partial charge in [0, 0.05) is 19.3 Å². The molecule has 1 aromatic carbocycles. The van der Waals surface area contributed by atoms with Gasteiger partial charge >= 0.3 is 0 Å². The number of ether oxygens (including phenoxy) is 1. The minimum Gasteiger partial charge on any atom is -0.497 e. The first-order valence-corrected chi connectivity index (χ1v) is 11.0. The highest BCUT2D eigenvalue weighted by Crippen LogP contribution is 2.33. The Labute approximate surface area is 194 Å². The van der Waals surface area contributed by atoms with Gasteiger partial charge < -0.3 is 10.1 Å². The van der Waals surface area contributed by atoms with Crippen LogP contribution in [0.25, 0.3) is 11.7 Å². The van der Waals surface area contributed by atoms with E-state index in [1.165, 1.54) is 9.30 Å². The number of thiocarbonyl (C=S) groups is 1. The molecule has 0 unspecified atom stereocenters. The largest absolute Gasteiger partial charge is 0.497 e. The third-order valence-corrected chi connectivity index (χ3v) is 6.23. The second-order valence-corrected chi connectivity index (χ2v) is 8.57. The van der Waals surface area contributed by atoms with Crippen molar-refractivity contribution in [1.82, 2.24) is 14.3 Å². The van der Waals surface area contributed by atoms with Crippen LogP contribution in [-0.2, 0) is 11.3 Å². The molecule has 0 atom stereocenters. The van der Waals surface area contributed by atoms with E-state index in [1.807, 2.05) is 30.3 Å². The minimum atomic E-state index is -0.276. The van der Waals surface area contributed by atoms with Gasteiger partial charge in [-0.3, -0.25) is 18.9 Å². The van der Waals surface area contributed by atoms with E-state index in [2.05, 4.69) is 16.9 Å². The average molecular weight is 465 g/mol. The molecule has 2 aromatic heterocycles. The van der Waals surface area contributed by atoms with Gasteiger partial charge in [-0.1, -0.05) is 48.3 Å². The molecule has 162 valence electrons. The summed E-state index contributed by atoms with van der Waals surface area (Å²) in [6, 6.07) is 12.9. The lowest BCUT2D eigenvalue weighted by Gasteiger charge is -2.12. The predicted octanol–water partition coefficient (Wildman–Crippen LogP) is 3.70. The summed E-state index contributed by atoms with van der Waals surface area (Å²) >= 11 is 6.47. The van der Waals surface area contributed by atoms with Crippen molar-refractivity contribution in [2.45, 2.75) is 6.54 Å². The zero-order valence-electron chi connectivity index (χ0n) is 17.3. The molecule has 0 aliphatic carbocycles. The first-order chi connectivity index (χ1) is 15.5. The quantitative estimate of drug-likeness (QED) is 0.325. The number of nitrogens with zero attached hydrogens (tertiary/aromatic N) is 3. The fourth-order valence-electron chi connectivity index (χ4n) is 3.21. The molecule has 0 radical (unpaired) electrons. The molecule has 3 heterocycles. The van der Waals surface area contributed by atoms with Crippen LogP contribution >= 0.6 is 24.0 Å². The zero-order valence-corrected chi connectivity index (χ0v) is 18.9. The molecule has 1 aliphatic heterocycles. The van der Waals surface area contributed by atoms with E-state index in [-0.39, 0.29) is 11.5 Å². The maximum absolute atomic E-state index is 13.3. The standard InChI is InChI=1S/C23H20N4O3S2/c1-3-11-27-22(29)18(32-23(27)31)13-17-20(24-14-15-7-9-16(30-2)10-8-15)25-19-6-4-5-12-26(19)21(17)28/h3-10,12-13,24H,1,11,14H2,2H3/b18-13-. The summed E-state index contributed by atoms with van der Waals surface area (Å²) in [5, 5.41) is 3.24. The van der Waals surface area contributed by atoms with Crippen molar-refractivity contribution in [2.24, 2.45) is 0 Å². The molecule has 32 heavy (non-hydrogen) atoms. The van der Waals surface area contributed by atoms with Crippen molar-refractivity contribution in [1.29, 1.82) is 0 Å². The zero-order chi connectivity index (χ0) is 22.7. The normalized spacial score (nSPS) is 14.9. The Kier molecular flexibility index (Phi) is 6.38. The number of nitrogens with one attached hydrogen (secondary N) is 1. The van der Waals surface area contributed by atoms with Gasteiger partial charge in [0.1, 0.15) is 21.5 Å². The van der Waals surface area contributed by atoms with Gasteiger partial charge in [-0.2, -0.15) is 0 Å². The van der Waals surface area contributed by atoms with Gasteiger partial charge in [0.15, 0.2) is 0 Å². The number of thioether (sulfide) groups is 1. The highest BCUT2D eigenvalue weighted by molar-refractivity contribution is 8.26. The summed E-state index contributed by atoms with van der Waals surface area (Å²) in [5.74, 6) is 0.905. The first-order valence-electron chi connectivity index (χ1n) is 9.76. The van der Waals surface area contributed by atoms with Gasteiger partial charge in [-0.25, -0.2) is 4.98 Å². The van der Waals surface area contributed by atoms with Crippen LogP contribution in [0, 0.1) is 0 Å². The number of aromatic nitrogens is 2. The van der Waals surface area contributed by atoms with E-state index in [0.717, 1.165) is 23.1 Å². The lowest BCUT2D eigenvalue weighted by molar-refractivity contribution is -0.121. The predicted molar refractivity (Wildman–Crippen MR) is 132 cm³/mol. The fourth-order valence-corrected chi connectivity index (χ4v) is 4.47. The molecule has 9 heteroatoms. The van der Waals surface area contributed by atoms with Gasteiger partial charge in [0.05, 0.1) is 17.6 Å². The molecule has 4 rings (SSSR count). The monoisotopic (exact) mass is 464 g/mol. The Morgan fingerprint density at radius 3 is 2.72 bits per heavy atom. The summed E-state index contributed by atoms with van der Waals surface area (Å²) in [6.45, 7) is 4.43. The van der Waals surface area contributed by atoms with Crippen LogP contribution in [0.5, 0.6) is 5.75 Å². The highest BCUT2D eigenvalue weighted by Gasteiger charge is 2.31. The number of methoxy groups -OCH3 is 1. The fraction of sp³-hybridized carbons (Fsp3) is 0.130. The van der Waals surface area contributed by atoms with E-state index in [0.29, 0.717) is 39.3 Å². The van der Waals surface area contributed by atoms with Crippen molar-refractivity contribution in [3.05, 3.63) is 87.7 Å². The number of carbonyl (C=O) groups excluding carboxylic acids is 1. The molecule has 0 saturated carbocycles. The molecule has 1 fully saturated rings. The molecule has 7 nitrogen and oxygen atoms in total. The van der Waals surface area contributed by atoms with E-state index >= 15 is 0 Å². The van der Waals surface area contributed by atoms with Crippen LogP contribution < -0.4 is 15.6 Å².